The van der Waals surface area contributed by atoms with Gasteiger partial charge < -0.3 is 8.92 Å². The van der Waals surface area contributed by atoms with Crippen LogP contribution in [0.25, 0.3) is 0 Å². The van der Waals surface area contributed by atoms with Gasteiger partial charge in [-0.05, 0) is 82.1 Å². The second-order valence-electron chi connectivity index (χ2n) is 10.2. The summed E-state index contributed by atoms with van der Waals surface area (Å²) in [5.74, 6) is 0.730. The van der Waals surface area contributed by atoms with Crippen LogP contribution in [0, 0.1) is 13.0 Å². The molecule has 0 saturated heterocycles. The van der Waals surface area contributed by atoms with Crippen molar-refractivity contribution >= 4 is 23.7 Å². The summed E-state index contributed by atoms with van der Waals surface area (Å²) in [6.45, 7) is 2.35. The molecule has 0 spiro atoms. The first-order chi connectivity index (χ1) is 18.4. The van der Waals surface area contributed by atoms with Crippen molar-refractivity contribution in [2.24, 2.45) is 0 Å². The van der Waals surface area contributed by atoms with Crippen LogP contribution in [-0.4, -0.2) is 19.7 Å². The number of hydrogen-bond acceptors (Lipinski definition) is 4. The molecule has 2 saturated carbocycles. The van der Waals surface area contributed by atoms with Crippen molar-refractivity contribution < 1.29 is 43.6 Å². The van der Waals surface area contributed by atoms with E-state index >= 15 is 0 Å². The van der Waals surface area contributed by atoms with Crippen LogP contribution in [0.15, 0.2) is 72.8 Å². The Hall–Kier alpha value is -1.69. The first kappa shape index (κ1) is 31.8. The molecule has 0 aromatic heterocycles. The molecule has 214 valence electrons. The Kier molecular flexibility index (Phi) is 13.0. The molecule has 5 rings (SSSR count). The fourth-order valence-electron chi connectivity index (χ4n) is 5.78. The molecule has 0 aliphatic heterocycles. The summed E-state index contributed by atoms with van der Waals surface area (Å²) in [6, 6.07) is 24.5. The van der Waals surface area contributed by atoms with Gasteiger partial charge in [-0.3, -0.25) is 0 Å². The van der Waals surface area contributed by atoms with Gasteiger partial charge in [-0.25, -0.2) is 0 Å². The largest absolute Gasteiger partial charge is 1.00 e. The maximum Gasteiger partial charge on any atom is 1.00 e. The van der Waals surface area contributed by atoms with E-state index in [1.807, 2.05) is 0 Å². The zero-order chi connectivity index (χ0) is 26.8. The summed E-state index contributed by atoms with van der Waals surface area (Å²) in [5, 5.41) is 1.79. The molecule has 3 aromatic rings. The maximum absolute atomic E-state index is 12.3. The molecule has 4 nitrogen and oxygen atoms in total. The van der Waals surface area contributed by atoms with Crippen LogP contribution in [0.5, 0.6) is 17.2 Å². The SMILES string of the molecule is Cc1ccccc1[PH+](C1CCCCC1)C1CCCCC1.O=S(=O)(F)Oc1cccc(Oc2cc[c-]cc2)c1.[Au+]. The Labute approximate surface area is 250 Å². The van der Waals surface area contributed by atoms with Crippen molar-refractivity contribution in [1.29, 1.82) is 0 Å². The predicted molar refractivity (Wildman–Crippen MR) is 155 cm³/mol. The summed E-state index contributed by atoms with van der Waals surface area (Å²) in [6.07, 6.45) is 15.1. The van der Waals surface area contributed by atoms with Gasteiger partial charge in [0, 0.05) is 19.7 Å². The summed E-state index contributed by atoms with van der Waals surface area (Å²) >= 11 is 0. The van der Waals surface area contributed by atoms with Gasteiger partial charge in [-0.1, -0.05) is 41.0 Å². The van der Waals surface area contributed by atoms with Crippen LogP contribution in [-0.2, 0) is 32.9 Å². The molecule has 0 radical (unpaired) electrons. The fraction of sp³-hybridized carbons (Fsp3) is 0.419. The Morgan fingerprint density at radius 2 is 1.33 bits per heavy atom. The van der Waals surface area contributed by atoms with Gasteiger partial charge in [0.05, 0.1) is 16.6 Å². The summed E-state index contributed by atoms with van der Waals surface area (Å²) < 4.78 is 42.5. The quantitative estimate of drug-likeness (QED) is 0.105. The molecule has 0 heterocycles. The normalized spacial score (nSPS) is 16.5. The predicted octanol–water partition coefficient (Wildman–Crippen LogP) is 8.37. The van der Waals surface area contributed by atoms with E-state index in [-0.39, 0.29) is 36.1 Å². The van der Waals surface area contributed by atoms with E-state index in [1.54, 1.807) is 41.2 Å². The molecule has 39 heavy (non-hydrogen) atoms. The second-order valence-corrected chi connectivity index (χ2v) is 14.3. The Bertz CT molecular complexity index is 1230. The average Bonchev–Trinajstić information content (AvgIpc) is 2.91. The number of rotatable bonds is 7. The molecule has 8 heteroatoms. The zero-order valence-electron chi connectivity index (χ0n) is 22.4. The van der Waals surface area contributed by atoms with Gasteiger partial charge in [-0.15, -0.1) is 12.1 Å². The third kappa shape index (κ3) is 10.3. The molecular formula is C31H38AuFO4PS+. The average molecular weight is 754 g/mol. The number of halogens is 1. The molecular weight excluding hydrogens is 715 g/mol. The number of aryl methyl sites for hydroxylation is 1. The van der Waals surface area contributed by atoms with Crippen LogP contribution < -0.4 is 14.2 Å². The van der Waals surface area contributed by atoms with Crippen LogP contribution in [0.2, 0.25) is 0 Å². The monoisotopic (exact) mass is 753 g/mol. The Morgan fingerprint density at radius 1 is 0.769 bits per heavy atom. The topological polar surface area (TPSA) is 52.6 Å². The summed E-state index contributed by atoms with van der Waals surface area (Å²) in [4.78, 5) is 0. The van der Waals surface area contributed by atoms with Gasteiger partial charge >= 0.3 is 32.9 Å². The van der Waals surface area contributed by atoms with Crippen molar-refractivity contribution in [3.63, 3.8) is 0 Å². The Morgan fingerprint density at radius 3 is 1.90 bits per heavy atom. The van der Waals surface area contributed by atoms with E-state index in [4.69, 9.17) is 4.74 Å². The molecule has 0 bridgehead atoms. The summed E-state index contributed by atoms with van der Waals surface area (Å²) in [7, 11) is -5.38. The molecule has 0 unspecified atom stereocenters. The Balaban J connectivity index is 0.000000211. The standard InChI is InChI=1S/C19H29P.C12H8FO4S.Au/c1-16-10-8-9-15-19(16)20(17-11-4-2-5-12-17)18-13-6-3-7-14-18;13-18(14,15)17-12-8-4-7-11(9-12)16-10-5-2-1-3-6-10;/h8-10,15,17-18H,2-7,11-14H2,1H3;2-9H;/q;-1;+1/p+1. The van der Waals surface area contributed by atoms with Crippen LogP contribution >= 0.6 is 7.92 Å². The van der Waals surface area contributed by atoms with Crippen molar-refractivity contribution in [3.05, 3.63) is 84.4 Å². The van der Waals surface area contributed by atoms with E-state index in [0.717, 1.165) is 11.3 Å². The molecule has 0 N–H and O–H groups in total. The number of hydrogen-bond donors (Lipinski definition) is 0. The second kappa shape index (κ2) is 15.9. The number of ether oxygens (including phenoxy) is 1. The van der Waals surface area contributed by atoms with E-state index in [0.29, 0.717) is 11.5 Å². The van der Waals surface area contributed by atoms with Crippen molar-refractivity contribution in [2.75, 3.05) is 0 Å². The fourth-order valence-corrected chi connectivity index (χ4v) is 10.5. The van der Waals surface area contributed by atoms with Gasteiger partial charge in [0.2, 0.25) is 0 Å². The van der Waals surface area contributed by atoms with Gasteiger partial charge in [0.1, 0.15) is 11.5 Å². The maximum atomic E-state index is 12.3. The third-order valence-electron chi connectivity index (χ3n) is 7.47. The van der Waals surface area contributed by atoms with Gasteiger partial charge in [0.25, 0.3) is 0 Å². The molecule has 2 aliphatic carbocycles. The van der Waals surface area contributed by atoms with Crippen LogP contribution in [0.4, 0.5) is 3.89 Å². The summed E-state index contributed by atoms with van der Waals surface area (Å²) in [5.41, 5.74) is 3.72. The smallest absolute Gasteiger partial charge is 0.483 e. The first-order valence-corrected chi connectivity index (χ1v) is 16.7. The van der Waals surface area contributed by atoms with E-state index in [1.165, 1.54) is 82.4 Å². The van der Waals surface area contributed by atoms with Gasteiger partial charge in [-0.2, -0.15) is 26.6 Å². The molecule has 0 atom stereocenters. The van der Waals surface area contributed by atoms with Crippen molar-refractivity contribution in [2.45, 2.75) is 82.4 Å². The number of benzene rings is 3. The van der Waals surface area contributed by atoms with E-state index < -0.39 is 10.5 Å². The molecule has 0 amide bonds. The molecule has 2 fully saturated rings. The van der Waals surface area contributed by atoms with E-state index in [2.05, 4.69) is 41.4 Å². The molecule has 2 aliphatic rings. The van der Waals surface area contributed by atoms with Gasteiger partial charge in [0.15, 0.2) is 0 Å². The van der Waals surface area contributed by atoms with Crippen LogP contribution in [0.3, 0.4) is 0 Å². The minimum atomic E-state index is -5.03. The minimum Gasteiger partial charge on any atom is -0.483 e. The minimum absolute atomic E-state index is 0. The van der Waals surface area contributed by atoms with Crippen molar-refractivity contribution in [1.82, 2.24) is 0 Å². The molecule has 3 aromatic carbocycles. The van der Waals surface area contributed by atoms with Crippen LogP contribution in [0.1, 0.15) is 69.8 Å². The van der Waals surface area contributed by atoms with E-state index in [9.17, 15) is 12.3 Å². The third-order valence-corrected chi connectivity index (χ3v) is 12.0. The van der Waals surface area contributed by atoms with Crippen molar-refractivity contribution in [3.8, 4) is 17.2 Å². The first-order valence-electron chi connectivity index (χ1n) is 13.7. The zero-order valence-corrected chi connectivity index (χ0v) is 26.4.